The van der Waals surface area contributed by atoms with E-state index < -0.39 is 0 Å². The summed E-state index contributed by atoms with van der Waals surface area (Å²) in [6.07, 6.45) is 7.86. The highest BCUT2D eigenvalue weighted by atomic mass is 35.5. The van der Waals surface area contributed by atoms with E-state index in [2.05, 4.69) is 22.7 Å². The van der Waals surface area contributed by atoms with Crippen molar-refractivity contribution in [1.29, 1.82) is 0 Å². The number of carbonyl (C=O) groups is 2. The molecular weight excluding hydrogens is 378 g/mol. The average Bonchev–Trinajstić information content (AvgIpc) is 3.18. The molecule has 2 aliphatic heterocycles. The predicted octanol–water partition coefficient (Wildman–Crippen LogP) is 2.39. The van der Waals surface area contributed by atoms with Gasteiger partial charge in [-0.15, -0.1) is 12.4 Å². The minimum Gasteiger partial charge on any atom is -0.353 e. The third kappa shape index (κ3) is 5.70. The molecule has 7 nitrogen and oxygen atoms in total. The van der Waals surface area contributed by atoms with Crippen LogP contribution in [0.2, 0.25) is 0 Å². The van der Waals surface area contributed by atoms with Gasteiger partial charge in [0, 0.05) is 31.9 Å². The van der Waals surface area contributed by atoms with Gasteiger partial charge in [-0.3, -0.25) is 14.3 Å². The Labute approximate surface area is 174 Å². The summed E-state index contributed by atoms with van der Waals surface area (Å²) in [5.74, 6) is -0.101. The van der Waals surface area contributed by atoms with Gasteiger partial charge in [-0.25, -0.2) is 0 Å². The summed E-state index contributed by atoms with van der Waals surface area (Å²) in [5, 5.41) is 11.0. The van der Waals surface area contributed by atoms with E-state index in [4.69, 9.17) is 0 Å². The van der Waals surface area contributed by atoms with E-state index in [-0.39, 0.29) is 36.2 Å². The molecule has 0 bridgehead atoms. The molecule has 0 aromatic carbocycles. The van der Waals surface area contributed by atoms with Gasteiger partial charge in [0.05, 0.1) is 12.0 Å². The molecule has 0 aliphatic carbocycles. The van der Waals surface area contributed by atoms with Crippen LogP contribution in [0.1, 0.15) is 68.9 Å². The normalized spacial score (nSPS) is 23.6. The molecule has 2 fully saturated rings. The van der Waals surface area contributed by atoms with Crippen molar-refractivity contribution in [1.82, 2.24) is 25.3 Å². The number of amides is 2. The van der Waals surface area contributed by atoms with Crippen LogP contribution in [0, 0.1) is 5.92 Å². The second kappa shape index (κ2) is 10.8. The zero-order valence-corrected chi connectivity index (χ0v) is 17.8. The van der Waals surface area contributed by atoms with Crippen LogP contribution in [0.5, 0.6) is 0 Å². The molecule has 2 aliphatic rings. The highest BCUT2D eigenvalue weighted by Gasteiger charge is 2.30. The molecule has 158 valence electrons. The van der Waals surface area contributed by atoms with Gasteiger partial charge in [0.2, 0.25) is 5.91 Å². The molecule has 2 amide bonds. The lowest BCUT2D eigenvalue weighted by Gasteiger charge is -2.32. The second-order valence-corrected chi connectivity index (χ2v) is 7.97. The minimum atomic E-state index is -0.119. The monoisotopic (exact) mass is 411 g/mol. The molecule has 2 saturated heterocycles. The van der Waals surface area contributed by atoms with Gasteiger partial charge < -0.3 is 15.5 Å². The molecule has 0 saturated carbocycles. The van der Waals surface area contributed by atoms with Crippen LogP contribution >= 0.6 is 12.4 Å². The number of rotatable bonds is 6. The molecule has 1 aromatic heterocycles. The third-order valence-electron chi connectivity index (χ3n) is 5.66. The molecule has 1 aromatic rings. The Hall–Kier alpha value is -1.60. The van der Waals surface area contributed by atoms with Crippen molar-refractivity contribution in [2.24, 2.45) is 5.92 Å². The summed E-state index contributed by atoms with van der Waals surface area (Å²) in [6.45, 7) is 7.30. The number of hydrogen-bond donors (Lipinski definition) is 2. The number of carbonyl (C=O) groups excluding carboxylic acids is 2. The Morgan fingerprint density at radius 1 is 1.36 bits per heavy atom. The predicted molar refractivity (Wildman–Crippen MR) is 112 cm³/mol. The fourth-order valence-electron chi connectivity index (χ4n) is 4.12. The first-order valence-electron chi connectivity index (χ1n) is 10.4. The smallest absolute Gasteiger partial charge is 0.274 e. The largest absolute Gasteiger partial charge is 0.353 e. The van der Waals surface area contributed by atoms with Crippen LogP contribution in [-0.4, -0.2) is 58.7 Å². The Morgan fingerprint density at radius 2 is 2.18 bits per heavy atom. The number of nitrogens with zero attached hydrogens (tertiary/aromatic N) is 3. The highest BCUT2D eigenvalue weighted by Crippen LogP contribution is 2.20. The van der Waals surface area contributed by atoms with Crippen LogP contribution in [-0.2, 0) is 4.79 Å². The van der Waals surface area contributed by atoms with Crippen LogP contribution in [0.15, 0.2) is 12.3 Å². The first-order valence-corrected chi connectivity index (χ1v) is 10.4. The van der Waals surface area contributed by atoms with Gasteiger partial charge in [-0.1, -0.05) is 13.3 Å². The van der Waals surface area contributed by atoms with Crippen molar-refractivity contribution in [3.63, 3.8) is 0 Å². The first kappa shape index (κ1) is 22.7. The number of nitrogens with one attached hydrogen (secondary N) is 2. The first-order chi connectivity index (χ1) is 13.1. The van der Waals surface area contributed by atoms with Crippen LogP contribution in [0.25, 0.3) is 0 Å². The molecule has 0 spiro atoms. The van der Waals surface area contributed by atoms with E-state index in [0.717, 1.165) is 51.6 Å². The maximum absolute atomic E-state index is 12.9. The maximum Gasteiger partial charge on any atom is 0.274 e. The van der Waals surface area contributed by atoms with E-state index in [1.807, 2.05) is 23.9 Å². The molecule has 2 N–H and O–H groups in total. The summed E-state index contributed by atoms with van der Waals surface area (Å²) >= 11 is 0. The number of piperidine rings is 2. The Balaban J connectivity index is 0.00000280. The summed E-state index contributed by atoms with van der Waals surface area (Å²) in [6, 6.07) is 2.32. The Bertz CT molecular complexity index is 644. The maximum atomic E-state index is 12.9. The second-order valence-electron chi connectivity index (χ2n) is 7.97. The number of hydrogen-bond acceptors (Lipinski definition) is 4. The van der Waals surface area contributed by atoms with E-state index in [1.165, 1.54) is 0 Å². The lowest BCUT2D eigenvalue weighted by atomic mass is 9.96. The van der Waals surface area contributed by atoms with Crippen LogP contribution in [0.3, 0.4) is 0 Å². The van der Waals surface area contributed by atoms with Crippen molar-refractivity contribution in [2.75, 3.05) is 26.2 Å². The van der Waals surface area contributed by atoms with Gasteiger partial charge in [0.25, 0.3) is 5.91 Å². The average molecular weight is 412 g/mol. The van der Waals surface area contributed by atoms with E-state index in [9.17, 15) is 9.59 Å². The molecule has 3 atom stereocenters. The molecule has 3 rings (SSSR count). The van der Waals surface area contributed by atoms with Gasteiger partial charge in [-0.05, 0) is 51.6 Å². The van der Waals surface area contributed by atoms with E-state index in [1.54, 1.807) is 4.90 Å². The zero-order chi connectivity index (χ0) is 19.2. The fourth-order valence-corrected chi connectivity index (χ4v) is 4.12. The quantitative estimate of drug-likeness (QED) is 0.753. The van der Waals surface area contributed by atoms with Crippen molar-refractivity contribution in [3.8, 4) is 0 Å². The van der Waals surface area contributed by atoms with Gasteiger partial charge >= 0.3 is 0 Å². The Kier molecular flexibility index (Phi) is 8.76. The van der Waals surface area contributed by atoms with Crippen LogP contribution < -0.4 is 10.6 Å². The molecule has 3 unspecified atom stereocenters. The van der Waals surface area contributed by atoms with Crippen molar-refractivity contribution >= 4 is 24.2 Å². The van der Waals surface area contributed by atoms with Gasteiger partial charge in [0.15, 0.2) is 0 Å². The topological polar surface area (TPSA) is 79.3 Å². The lowest BCUT2D eigenvalue weighted by molar-refractivity contribution is -0.127. The summed E-state index contributed by atoms with van der Waals surface area (Å²) in [5.41, 5.74) is 0.487. The zero-order valence-electron chi connectivity index (χ0n) is 17.0. The van der Waals surface area contributed by atoms with Gasteiger partial charge in [0.1, 0.15) is 5.69 Å². The number of likely N-dealkylation sites (tertiary alicyclic amines) is 1. The summed E-state index contributed by atoms with van der Waals surface area (Å²) in [7, 11) is 0. The van der Waals surface area contributed by atoms with Gasteiger partial charge in [-0.2, -0.15) is 5.10 Å². The van der Waals surface area contributed by atoms with Crippen molar-refractivity contribution in [3.05, 3.63) is 18.0 Å². The summed E-state index contributed by atoms with van der Waals surface area (Å²) < 4.78 is 1.92. The molecule has 0 radical (unpaired) electrons. The summed E-state index contributed by atoms with van der Waals surface area (Å²) in [4.78, 5) is 27.2. The SMILES string of the molecule is CCCC(C)NC(=O)C1CCCN(C(=O)c2ccn(C3CCCNC3)n2)C1.Cl. The molecule has 28 heavy (non-hydrogen) atoms. The molecule has 8 heteroatoms. The minimum absolute atomic E-state index is 0. The van der Waals surface area contributed by atoms with Crippen LogP contribution in [0.4, 0.5) is 0 Å². The van der Waals surface area contributed by atoms with E-state index in [0.29, 0.717) is 24.8 Å². The molecule has 3 heterocycles. The van der Waals surface area contributed by atoms with Crippen molar-refractivity contribution in [2.45, 2.75) is 64.5 Å². The standard InChI is InChI=1S/C20H33N5O2.ClH/c1-3-6-15(2)22-19(26)16-7-5-11-24(14-16)20(27)18-9-12-25(23-18)17-8-4-10-21-13-17;/h9,12,15-17,21H,3-8,10-11,13-14H2,1-2H3,(H,22,26);1H. The Morgan fingerprint density at radius 3 is 2.89 bits per heavy atom. The number of aromatic nitrogens is 2. The third-order valence-corrected chi connectivity index (χ3v) is 5.66. The lowest BCUT2D eigenvalue weighted by Crippen LogP contribution is -2.47. The van der Waals surface area contributed by atoms with E-state index >= 15 is 0 Å². The molecular formula is C20H34ClN5O2. The highest BCUT2D eigenvalue weighted by molar-refractivity contribution is 5.92. The number of halogens is 1. The van der Waals surface area contributed by atoms with Crippen molar-refractivity contribution < 1.29 is 9.59 Å². The fraction of sp³-hybridized carbons (Fsp3) is 0.750.